The molecule has 0 saturated heterocycles. The molecule has 3 rings (SSSR count). The smallest absolute Gasteiger partial charge is 0.0480 e. The van der Waals surface area contributed by atoms with Crippen molar-refractivity contribution >= 4 is 10.9 Å². The molecule has 2 nitrogen and oxygen atoms in total. The highest BCUT2D eigenvalue weighted by Gasteiger charge is 2.09. The predicted molar refractivity (Wildman–Crippen MR) is 76.6 cm³/mol. The monoisotopic (exact) mass is 240 g/mol. The maximum Gasteiger partial charge on any atom is 0.0480 e. The minimum absolute atomic E-state index is 1.07. The molecule has 0 atom stereocenters. The molecule has 0 N–H and O–H groups in total. The van der Waals surface area contributed by atoms with Gasteiger partial charge in [-0.05, 0) is 30.5 Å². The molecule has 1 aliphatic rings. The third-order valence-corrected chi connectivity index (χ3v) is 3.80. The van der Waals surface area contributed by atoms with Crippen molar-refractivity contribution in [1.82, 2.24) is 9.47 Å². The lowest BCUT2D eigenvalue weighted by Crippen LogP contribution is -2.24. The van der Waals surface area contributed by atoms with Gasteiger partial charge in [0.25, 0.3) is 0 Å². The van der Waals surface area contributed by atoms with Gasteiger partial charge in [0, 0.05) is 43.8 Å². The van der Waals surface area contributed by atoms with Crippen molar-refractivity contribution in [3.05, 3.63) is 48.2 Å². The Balaban J connectivity index is 1.85. The molecule has 0 unspecified atom stereocenters. The Morgan fingerprint density at radius 3 is 2.61 bits per heavy atom. The number of nitrogens with zero attached hydrogens (tertiary/aromatic N) is 2. The van der Waals surface area contributed by atoms with Crippen LogP contribution in [0.1, 0.15) is 18.4 Å². The third-order valence-electron chi connectivity index (χ3n) is 3.80. The molecule has 0 amide bonds. The molecule has 0 spiro atoms. The Bertz CT molecular complexity index is 555. The Morgan fingerprint density at radius 2 is 1.83 bits per heavy atom. The van der Waals surface area contributed by atoms with Crippen LogP contribution < -0.4 is 0 Å². The maximum absolute atomic E-state index is 2.56. The second kappa shape index (κ2) is 4.99. The van der Waals surface area contributed by atoms with E-state index in [2.05, 4.69) is 59.1 Å². The lowest BCUT2D eigenvalue weighted by Gasteiger charge is -2.20. The standard InChI is InChI=1S/C16H20N2/c1-17-12-9-15-14(7-6-8-16(15)17)13-18-10-4-2-3-5-11-18/h2-3,6-9,12H,4-5,10-11,13H2,1H3. The molecule has 18 heavy (non-hydrogen) atoms. The van der Waals surface area contributed by atoms with E-state index in [4.69, 9.17) is 0 Å². The lowest BCUT2D eigenvalue weighted by atomic mass is 10.1. The number of rotatable bonds is 2. The van der Waals surface area contributed by atoms with Crippen LogP contribution >= 0.6 is 0 Å². The molecule has 1 aromatic carbocycles. The van der Waals surface area contributed by atoms with Crippen LogP contribution in [-0.2, 0) is 13.6 Å². The van der Waals surface area contributed by atoms with Gasteiger partial charge in [-0.3, -0.25) is 4.90 Å². The summed E-state index contributed by atoms with van der Waals surface area (Å²) in [6, 6.07) is 8.87. The summed E-state index contributed by atoms with van der Waals surface area (Å²) in [4.78, 5) is 2.56. The average molecular weight is 240 g/mol. The van der Waals surface area contributed by atoms with Crippen molar-refractivity contribution in [3.8, 4) is 0 Å². The van der Waals surface area contributed by atoms with Crippen LogP contribution in [0.3, 0.4) is 0 Å². The van der Waals surface area contributed by atoms with Gasteiger partial charge >= 0.3 is 0 Å². The molecule has 1 aliphatic heterocycles. The largest absolute Gasteiger partial charge is 0.351 e. The fourth-order valence-corrected chi connectivity index (χ4v) is 2.76. The van der Waals surface area contributed by atoms with E-state index in [1.165, 1.54) is 42.4 Å². The molecule has 0 fully saturated rings. The first kappa shape index (κ1) is 11.5. The first-order chi connectivity index (χ1) is 8.84. The van der Waals surface area contributed by atoms with Crippen molar-refractivity contribution in [2.75, 3.05) is 13.1 Å². The molecule has 2 aromatic rings. The summed E-state index contributed by atoms with van der Waals surface area (Å²) in [6.45, 7) is 3.43. The van der Waals surface area contributed by atoms with E-state index in [1.54, 1.807) is 0 Å². The lowest BCUT2D eigenvalue weighted by molar-refractivity contribution is 0.282. The van der Waals surface area contributed by atoms with Crippen LogP contribution in [0.25, 0.3) is 10.9 Å². The Kier molecular flexibility index (Phi) is 3.20. The van der Waals surface area contributed by atoms with Gasteiger partial charge in [0.05, 0.1) is 0 Å². The fraction of sp³-hybridized carbons (Fsp3) is 0.375. The van der Waals surface area contributed by atoms with Gasteiger partial charge in [0.1, 0.15) is 0 Å². The average Bonchev–Trinajstić information content (AvgIpc) is 2.62. The van der Waals surface area contributed by atoms with Crippen LogP contribution in [0.15, 0.2) is 42.6 Å². The summed E-state index contributed by atoms with van der Waals surface area (Å²) < 4.78 is 2.20. The van der Waals surface area contributed by atoms with Crippen LogP contribution in [0.4, 0.5) is 0 Å². The molecular formula is C16H20N2. The highest BCUT2D eigenvalue weighted by atomic mass is 15.1. The summed E-state index contributed by atoms with van der Waals surface area (Å²) >= 11 is 0. The fourth-order valence-electron chi connectivity index (χ4n) is 2.76. The molecule has 2 heteroatoms. The van der Waals surface area contributed by atoms with E-state index in [1.807, 2.05) is 0 Å². The van der Waals surface area contributed by atoms with E-state index in [0.717, 1.165) is 6.54 Å². The molecule has 0 saturated carbocycles. The van der Waals surface area contributed by atoms with Crippen LogP contribution in [0, 0.1) is 0 Å². The topological polar surface area (TPSA) is 8.17 Å². The van der Waals surface area contributed by atoms with E-state index >= 15 is 0 Å². The quantitative estimate of drug-likeness (QED) is 0.731. The zero-order valence-electron chi connectivity index (χ0n) is 11.0. The number of hydrogen-bond acceptors (Lipinski definition) is 1. The van der Waals surface area contributed by atoms with Crippen molar-refractivity contribution in [2.24, 2.45) is 7.05 Å². The van der Waals surface area contributed by atoms with Crippen molar-refractivity contribution in [3.63, 3.8) is 0 Å². The van der Waals surface area contributed by atoms with Crippen LogP contribution in [0.2, 0.25) is 0 Å². The van der Waals surface area contributed by atoms with E-state index in [9.17, 15) is 0 Å². The summed E-state index contributed by atoms with van der Waals surface area (Å²) in [5.74, 6) is 0. The van der Waals surface area contributed by atoms with Gasteiger partial charge in [-0.25, -0.2) is 0 Å². The van der Waals surface area contributed by atoms with Crippen molar-refractivity contribution in [1.29, 1.82) is 0 Å². The predicted octanol–water partition coefficient (Wildman–Crippen LogP) is 3.33. The Morgan fingerprint density at radius 1 is 1.06 bits per heavy atom. The van der Waals surface area contributed by atoms with Gasteiger partial charge in [0.15, 0.2) is 0 Å². The van der Waals surface area contributed by atoms with Gasteiger partial charge in [-0.1, -0.05) is 24.3 Å². The first-order valence-electron chi connectivity index (χ1n) is 6.75. The Hall–Kier alpha value is -1.54. The number of hydrogen-bond donors (Lipinski definition) is 0. The molecular weight excluding hydrogens is 220 g/mol. The number of fused-ring (bicyclic) bond motifs is 1. The zero-order valence-corrected chi connectivity index (χ0v) is 11.0. The SMILES string of the molecule is Cn1ccc2c(CN3CCC=CCC3)cccc21. The summed E-state index contributed by atoms with van der Waals surface area (Å²) in [5.41, 5.74) is 2.79. The number of aromatic nitrogens is 1. The summed E-state index contributed by atoms with van der Waals surface area (Å²) in [7, 11) is 2.11. The van der Waals surface area contributed by atoms with Crippen molar-refractivity contribution in [2.45, 2.75) is 19.4 Å². The van der Waals surface area contributed by atoms with Gasteiger partial charge < -0.3 is 4.57 Å². The summed E-state index contributed by atoms with van der Waals surface area (Å²) in [6.07, 6.45) is 9.14. The van der Waals surface area contributed by atoms with Gasteiger partial charge in [-0.2, -0.15) is 0 Å². The van der Waals surface area contributed by atoms with Crippen molar-refractivity contribution < 1.29 is 0 Å². The molecule has 0 bridgehead atoms. The van der Waals surface area contributed by atoms with E-state index < -0.39 is 0 Å². The zero-order chi connectivity index (χ0) is 12.4. The molecule has 2 heterocycles. The second-order valence-electron chi connectivity index (χ2n) is 5.10. The maximum atomic E-state index is 2.56. The Labute approximate surface area is 109 Å². The second-order valence-corrected chi connectivity index (χ2v) is 5.10. The molecule has 0 radical (unpaired) electrons. The van der Waals surface area contributed by atoms with Crippen LogP contribution in [0.5, 0.6) is 0 Å². The minimum Gasteiger partial charge on any atom is -0.351 e. The minimum atomic E-state index is 1.07. The highest BCUT2D eigenvalue weighted by molar-refractivity contribution is 5.83. The van der Waals surface area contributed by atoms with Gasteiger partial charge in [-0.15, -0.1) is 0 Å². The van der Waals surface area contributed by atoms with Gasteiger partial charge in [0.2, 0.25) is 0 Å². The third kappa shape index (κ3) is 2.21. The van der Waals surface area contributed by atoms with E-state index in [0.29, 0.717) is 0 Å². The summed E-state index contributed by atoms with van der Waals surface area (Å²) in [5, 5.41) is 1.40. The first-order valence-corrected chi connectivity index (χ1v) is 6.75. The van der Waals surface area contributed by atoms with Crippen LogP contribution in [-0.4, -0.2) is 22.6 Å². The number of benzene rings is 1. The molecule has 0 aliphatic carbocycles. The number of aryl methyl sites for hydroxylation is 1. The molecule has 1 aromatic heterocycles. The normalized spacial score (nSPS) is 17.2. The highest BCUT2D eigenvalue weighted by Crippen LogP contribution is 2.21. The van der Waals surface area contributed by atoms with E-state index in [-0.39, 0.29) is 0 Å². The molecule has 94 valence electrons.